The van der Waals surface area contributed by atoms with Crippen molar-refractivity contribution < 1.29 is 64.8 Å². The zero-order chi connectivity index (χ0) is 29.5. The monoisotopic (exact) mass is 712 g/mol. The molecule has 2 aromatic rings. The fraction of sp³-hybridized carbons (Fsp3) is 0.364. The smallest absolute Gasteiger partial charge is 0.200 e. The van der Waals surface area contributed by atoms with Crippen molar-refractivity contribution in [3.05, 3.63) is 86.9 Å². The summed E-state index contributed by atoms with van der Waals surface area (Å²) in [6, 6.07) is 0. The van der Waals surface area contributed by atoms with Crippen LogP contribution in [-0.2, 0) is 20.9 Å². The second kappa shape index (κ2) is 13.8. The normalized spacial score (nSPS) is 11.3. The maximum Gasteiger partial charge on any atom is 0.200 e. The zero-order valence-electron chi connectivity index (χ0n) is 20.2. The van der Waals surface area contributed by atoms with Gasteiger partial charge in [0.1, 0.15) is 11.6 Å². The maximum absolute atomic E-state index is 12.6. The van der Waals surface area contributed by atoms with Gasteiger partial charge in [0, 0.05) is 0 Å². The van der Waals surface area contributed by atoms with Crippen LogP contribution in [0.25, 0.3) is 16.4 Å². The molecule has 37 heavy (non-hydrogen) atoms. The third-order valence-electron chi connectivity index (χ3n) is 3.49. The molecule has 0 aliphatic heterocycles. The molecule has 0 fully saturated rings. The van der Waals surface area contributed by atoms with E-state index in [0.29, 0.717) is 0 Å². The van der Waals surface area contributed by atoms with E-state index in [0.717, 1.165) is 0 Å². The van der Waals surface area contributed by atoms with E-state index in [9.17, 15) is 43.9 Å². The van der Waals surface area contributed by atoms with Crippen LogP contribution in [0.1, 0.15) is 41.5 Å². The van der Waals surface area contributed by atoms with Crippen LogP contribution in [0.5, 0.6) is 0 Å². The molecule has 0 aromatic heterocycles. The first-order valence-electron chi connectivity index (χ1n) is 9.86. The Balaban J connectivity index is 0.000000526. The van der Waals surface area contributed by atoms with Gasteiger partial charge in [-0.1, -0.05) is 47.2 Å². The van der Waals surface area contributed by atoms with Gasteiger partial charge in [0.25, 0.3) is 0 Å². The van der Waals surface area contributed by atoms with Crippen LogP contribution in [0.3, 0.4) is 0 Å². The number of benzene rings is 2. The van der Waals surface area contributed by atoms with Crippen molar-refractivity contribution in [3.63, 3.8) is 0 Å². The molecule has 0 aliphatic carbocycles. The minimum absolute atomic E-state index is 0.00387. The summed E-state index contributed by atoms with van der Waals surface area (Å²) in [6.45, 7) is 12.4. The van der Waals surface area contributed by atoms with Crippen LogP contribution in [0.2, 0.25) is 0 Å². The summed E-state index contributed by atoms with van der Waals surface area (Å²) in [7, 11) is 0. The molecule has 0 bridgehead atoms. The van der Waals surface area contributed by atoms with E-state index in [1.54, 1.807) is 12.4 Å². The number of nitrogens with zero attached hydrogens (tertiary/aromatic N) is 3. The predicted octanol–water partition coefficient (Wildman–Crippen LogP) is 9.61. The first-order chi connectivity index (χ1) is 16.7. The van der Waals surface area contributed by atoms with Crippen molar-refractivity contribution in [1.29, 1.82) is 0 Å². The van der Waals surface area contributed by atoms with Crippen molar-refractivity contribution >= 4 is 11.4 Å². The molecule has 4 nitrogen and oxygen atoms in total. The Bertz CT molecular complexity index is 990. The fourth-order valence-corrected chi connectivity index (χ4v) is 2.43. The van der Waals surface area contributed by atoms with E-state index in [-0.39, 0.29) is 32.0 Å². The van der Waals surface area contributed by atoms with E-state index in [2.05, 4.69) is 55.5 Å². The summed E-state index contributed by atoms with van der Waals surface area (Å²) in [5.41, 5.74) is 3.71. The molecule has 15 heteroatoms. The molecule has 0 amide bonds. The van der Waals surface area contributed by atoms with Crippen LogP contribution in [0.4, 0.5) is 55.3 Å². The SMILES string of the molecule is CC(C)(C)[N-]/C=C\[N-]C(C)(C)C.Fc1c(F)c(F)c([N]=[Ta])c(F)c1F.[NH-]c1c(F)c(F)c(F)c(F)c1F. The molecule has 0 atom stereocenters. The topological polar surface area (TPSA) is 64.4 Å². The summed E-state index contributed by atoms with van der Waals surface area (Å²) in [5.74, 6) is -20.6. The van der Waals surface area contributed by atoms with Crippen molar-refractivity contribution in [3.8, 4) is 0 Å². The van der Waals surface area contributed by atoms with Crippen LogP contribution in [0, 0.1) is 58.2 Å². The van der Waals surface area contributed by atoms with E-state index in [1.165, 1.54) is 0 Å². The predicted molar refractivity (Wildman–Crippen MR) is 114 cm³/mol. The molecule has 0 spiro atoms. The third kappa shape index (κ3) is 10.4. The molecule has 1 N–H and O–H groups in total. The van der Waals surface area contributed by atoms with Crippen LogP contribution < -0.4 is 0 Å². The average Bonchev–Trinajstić information content (AvgIpc) is 2.80. The molecule has 0 heterocycles. The minimum atomic E-state index is -2.25. The zero-order valence-corrected chi connectivity index (χ0v) is 23.4. The Hall–Kier alpha value is -2.58. The molecular formula is C22H21F10N4Ta-3. The molecule has 2 rings (SSSR count). The fourth-order valence-electron chi connectivity index (χ4n) is 1.80. The van der Waals surface area contributed by atoms with Gasteiger partial charge in [0.05, 0.1) is 0 Å². The Morgan fingerprint density at radius 1 is 0.541 bits per heavy atom. The van der Waals surface area contributed by atoms with Gasteiger partial charge >= 0.3 is 81.0 Å². The van der Waals surface area contributed by atoms with Gasteiger partial charge < -0.3 is 16.4 Å². The minimum Gasteiger partial charge on any atom is -0.694 e. The summed E-state index contributed by atoms with van der Waals surface area (Å²) in [5, 5.41) is 8.57. The molecular weight excluding hydrogens is 691 g/mol. The number of hydrogen-bond acceptors (Lipinski definition) is 1. The number of halogens is 10. The first kappa shape index (κ1) is 34.4. The van der Waals surface area contributed by atoms with E-state index in [4.69, 9.17) is 5.73 Å². The van der Waals surface area contributed by atoms with Gasteiger partial charge in [-0.25, -0.2) is 34.4 Å². The standard InChI is InChI=1S/C10H20N2.C6HF5N.C6F5N.Ta/c1-9(2,3)11-7-8-12-10(4,5)6;2*7-1-2(8)4(10)6(12)5(11)3(1)9;/h7-8H,1-6H3;12H;;/q-2;-1;;/b8-7-;;;. The van der Waals surface area contributed by atoms with E-state index < -0.39 is 69.5 Å². The molecule has 0 saturated carbocycles. The van der Waals surface area contributed by atoms with Crippen molar-refractivity contribution in [2.45, 2.75) is 52.6 Å². The van der Waals surface area contributed by atoms with Crippen molar-refractivity contribution in [2.24, 2.45) is 3.34 Å². The summed E-state index contributed by atoms with van der Waals surface area (Å²) < 4.78 is 126. The van der Waals surface area contributed by atoms with E-state index >= 15 is 0 Å². The van der Waals surface area contributed by atoms with Crippen LogP contribution >= 0.6 is 0 Å². The molecule has 0 radical (unpaired) electrons. The number of nitrogens with one attached hydrogen (secondary N) is 1. The second-order valence-corrected chi connectivity index (χ2v) is 9.58. The van der Waals surface area contributed by atoms with E-state index in [1.807, 2.05) is 0 Å². The van der Waals surface area contributed by atoms with Gasteiger partial charge in [0.15, 0.2) is 17.5 Å². The molecule has 0 aliphatic rings. The molecule has 0 saturated heterocycles. The summed E-state index contributed by atoms with van der Waals surface area (Å²) in [4.78, 5) is 0. The second-order valence-electron chi connectivity index (χ2n) is 8.86. The van der Waals surface area contributed by atoms with Gasteiger partial charge in [-0.05, 0) is 0 Å². The van der Waals surface area contributed by atoms with Crippen LogP contribution in [-0.4, -0.2) is 11.1 Å². The Kier molecular flexibility index (Phi) is 12.9. The third-order valence-corrected chi connectivity index (χ3v) is 4.21. The summed E-state index contributed by atoms with van der Waals surface area (Å²) >= 11 is 0.151. The molecule has 2 aromatic carbocycles. The molecule has 207 valence electrons. The van der Waals surface area contributed by atoms with Crippen molar-refractivity contribution in [2.75, 3.05) is 0 Å². The van der Waals surface area contributed by atoms with Gasteiger partial charge in [-0.15, -0.1) is 11.1 Å². The Morgan fingerprint density at radius 2 is 0.784 bits per heavy atom. The Morgan fingerprint density at radius 3 is 1.03 bits per heavy atom. The van der Waals surface area contributed by atoms with Crippen LogP contribution in [0.15, 0.2) is 15.7 Å². The number of rotatable bonds is 3. The summed E-state index contributed by atoms with van der Waals surface area (Å²) in [6.07, 6.45) is 3.54. The largest absolute Gasteiger partial charge is 0.694 e. The van der Waals surface area contributed by atoms with Gasteiger partial charge in [0.2, 0.25) is 0 Å². The van der Waals surface area contributed by atoms with Gasteiger partial charge in [-0.3, -0.25) is 0 Å². The van der Waals surface area contributed by atoms with Gasteiger partial charge in [-0.2, -0.15) is 0 Å². The average molecular weight is 712 g/mol. The quantitative estimate of drug-likeness (QED) is 0.173. The Labute approximate surface area is 219 Å². The number of hydrogen-bond donors (Lipinski definition) is 0. The first-order valence-corrected chi connectivity index (χ1v) is 11.3. The van der Waals surface area contributed by atoms with Crippen molar-refractivity contribution in [1.82, 2.24) is 0 Å². The molecule has 0 unspecified atom stereocenters. The maximum atomic E-state index is 12.6.